The monoisotopic (exact) mass is 242 g/mol. The number of carbonyl (C=O) groups excluding carboxylic acids is 1. The second-order valence-corrected chi connectivity index (χ2v) is 4.46. The lowest BCUT2D eigenvalue weighted by Crippen LogP contribution is -2.65. The van der Waals surface area contributed by atoms with Gasteiger partial charge in [-0.25, -0.2) is 4.79 Å². The molecular weight excluding hydrogens is 224 g/mol. The molecule has 6 heteroatoms. The zero-order chi connectivity index (χ0) is 13.1. The number of hydrogen-bond acceptors (Lipinski definition) is 4. The summed E-state index contributed by atoms with van der Waals surface area (Å²) in [7, 11) is 0. The fourth-order valence-corrected chi connectivity index (χ4v) is 1.76. The number of carboxylic acid groups (broad SMARTS) is 1. The second kappa shape index (κ2) is 5.29. The SMILES string of the molecule is C=CCC(N)C(=O)N1CC(C)(OCC(=O)O)C1. The van der Waals surface area contributed by atoms with E-state index in [1.165, 1.54) is 0 Å². The van der Waals surface area contributed by atoms with Crippen LogP contribution < -0.4 is 5.73 Å². The molecule has 1 amide bonds. The summed E-state index contributed by atoms with van der Waals surface area (Å²) in [6.45, 7) is 5.71. The summed E-state index contributed by atoms with van der Waals surface area (Å²) in [4.78, 5) is 23.6. The van der Waals surface area contributed by atoms with Crippen molar-refractivity contribution >= 4 is 11.9 Å². The Morgan fingerprint density at radius 2 is 2.24 bits per heavy atom. The van der Waals surface area contributed by atoms with Crippen molar-refractivity contribution in [3.05, 3.63) is 12.7 Å². The quantitative estimate of drug-likeness (QED) is 0.618. The molecule has 1 aliphatic rings. The van der Waals surface area contributed by atoms with Crippen LogP contribution in [0, 0.1) is 0 Å². The summed E-state index contributed by atoms with van der Waals surface area (Å²) < 4.78 is 5.19. The molecule has 1 saturated heterocycles. The van der Waals surface area contributed by atoms with Crippen molar-refractivity contribution in [2.24, 2.45) is 5.73 Å². The number of amides is 1. The summed E-state index contributed by atoms with van der Waals surface area (Å²) in [6, 6.07) is -0.573. The first-order chi connectivity index (χ1) is 7.88. The van der Waals surface area contributed by atoms with E-state index in [1.54, 1.807) is 17.9 Å². The van der Waals surface area contributed by atoms with Gasteiger partial charge in [0.05, 0.1) is 19.1 Å². The number of aliphatic carboxylic acids is 1. The zero-order valence-electron chi connectivity index (χ0n) is 9.89. The molecule has 0 spiro atoms. The molecule has 96 valence electrons. The highest BCUT2D eigenvalue weighted by atomic mass is 16.5. The van der Waals surface area contributed by atoms with Gasteiger partial charge < -0.3 is 20.5 Å². The van der Waals surface area contributed by atoms with Crippen LogP contribution >= 0.6 is 0 Å². The molecule has 17 heavy (non-hydrogen) atoms. The van der Waals surface area contributed by atoms with Crippen molar-refractivity contribution in [2.75, 3.05) is 19.7 Å². The van der Waals surface area contributed by atoms with Gasteiger partial charge in [0.2, 0.25) is 5.91 Å². The molecule has 0 aromatic heterocycles. The van der Waals surface area contributed by atoms with Crippen molar-refractivity contribution in [1.29, 1.82) is 0 Å². The van der Waals surface area contributed by atoms with E-state index in [0.717, 1.165) is 0 Å². The van der Waals surface area contributed by atoms with Crippen LogP contribution in [0.15, 0.2) is 12.7 Å². The van der Waals surface area contributed by atoms with E-state index in [1.807, 2.05) is 0 Å². The Balaban J connectivity index is 2.37. The maximum Gasteiger partial charge on any atom is 0.329 e. The molecule has 0 aromatic carbocycles. The number of ether oxygens (including phenoxy) is 1. The van der Waals surface area contributed by atoms with Gasteiger partial charge in [0.15, 0.2) is 0 Å². The summed E-state index contributed by atoms with van der Waals surface area (Å²) in [5, 5.41) is 8.49. The molecule has 0 saturated carbocycles. The lowest BCUT2D eigenvalue weighted by atomic mass is 9.95. The molecule has 1 aliphatic heterocycles. The normalized spacial score (nSPS) is 19.3. The molecule has 1 fully saturated rings. The fourth-order valence-electron chi connectivity index (χ4n) is 1.76. The van der Waals surface area contributed by atoms with E-state index in [9.17, 15) is 9.59 Å². The van der Waals surface area contributed by atoms with E-state index in [2.05, 4.69) is 6.58 Å². The second-order valence-electron chi connectivity index (χ2n) is 4.46. The molecular formula is C11H18N2O4. The van der Waals surface area contributed by atoms with Crippen molar-refractivity contribution in [1.82, 2.24) is 4.90 Å². The van der Waals surface area contributed by atoms with Gasteiger partial charge in [-0.15, -0.1) is 6.58 Å². The van der Waals surface area contributed by atoms with E-state index >= 15 is 0 Å². The van der Waals surface area contributed by atoms with E-state index in [4.69, 9.17) is 15.6 Å². The summed E-state index contributed by atoms with van der Waals surface area (Å²) in [5.74, 6) is -1.17. The Morgan fingerprint density at radius 3 is 2.71 bits per heavy atom. The first kappa shape index (κ1) is 13.7. The minimum Gasteiger partial charge on any atom is -0.480 e. The predicted molar refractivity (Wildman–Crippen MR) is 61.4 cm³/mol. The maximum atomic E-state index is 11.7. The molecule has 0 aromatic rings. The molecule has 6 nitrogen and oxygen atoms in total. The van der Waals surface area contributed by atoms with Crippen molar-refractivity contribution in [2.45, 2.75) is 25.0 Å². The summed E-state index contributed by atoms with van der Waals surface area (Å²) >= 11 is 0. The summed E-state index contributed by atoms with van der Waals surface area (Å²) in [5.41, 5.74) is 5.08. The predicted octanol–water partition coefficient (Wildman–Crippen LogP) is -0.408. The van der Waals surface area contributed by atoms with E-state index < -0.39 is 17.6 Å². The molecule has 1 heterocycles. The third kappa shape index (κ3) is 3.54. The first-order valence-corrected chi connectivity index (χ1v) is 5.39. The van der Waals surface area contributed by atoms with Crippen molar-refractivity contribution in [3.63, 3.8) is 0 Å². The molecule has 0 bridgehead atoms. The van der Waals surface area contributed by atoms with Crippen molar-refractivity contribution in [3.8, 4) is 0 Å². The zero-order valence-corrected chi connectivity index (χ0v) is 9.89. The lowest BCUT2D eigenvalue weighted by Gasteiger charge is -2.47. The van der Waals surface area contributed by atoms with Gasteiger partial charge in [-0.2, -0.15) is 0 Å². The number of hydrogen-bond donors (Lipinski definition) is 2. The average molecular weight is 242 g/mol. The molecule has 1 rings (SSSR count). The van der Waals surface area contributed by atoms with Crippen LogP contribution in [0.1, 0.15) is 13.3 Å². The van der Waals surface area contributed by atoms with Gasteiger partial charge in [0.25, 0.3) is 0 Å². The minimum atomic E-state index is -1.01. The number of carbonyl (C=O) groups is 2. The molecule has 1 atom stereocenters. The van der Waals surface area contributed by atoms with Crippen LogP contribution in [0.4, 0.5) is 0 Å². The van der Waals surface area contributed by atoms with Crippen LogP contribution in [0.5, 0.6) is 0 Å². The Labute approximate surface area is 100 Å². The number of carboxylic acids is 1. The Morgan fingerprint density at radius 1 is 1.65 bits per heavy atom. The smallest absolute Gasteiger partial charge is 0.329 e. The van der Waals surface area contributed by atoms with Gasteiger partial charge in [0, 0.05) is 0 Å². The topological polar surface area (TPSA) is 92.9 Å². The highest BCUT2D eigenvalue weighted by Crippen LogP contribution is 2.25. The third-order valence-corrected chi connectivity index (χ3v) is 2.64. The molecule has 3 N–H and O–H groups in total. The molecule has 1 unspecified atom stereocenters. The maximum absolute atomic E-state index is 11.7. The molecule has 0 aliphatic carbocycles. The highest BCUT2D eigenvalue weighted by molar-refractivity contribution is 5.82. The first-order valence-electron chi connectivity index (χ1n) is 5.39. The molecule has 0 radical (unpaired) electrons. The number of likely N-dealkylation sites (tertiary alicyclic amines) is 1. The van der Waals surface area contributed by atoms with E-state index in [-0.39, 0.29) is 12.5 Å². The third-order valence-electron chi connectivity index (χ3n) is 2.64. The largest absolute Gasteiger partial charge is 0.480 e. The van der Waals surface area contributed by atoms with Gasteiger partial charge >= 0.3 is 5.97 Å². The minimum absolute atomic E-state index is 0.152. The standard InChI is InChI=1S/C11H18N2O4/c1-3-4-8(12)10(16)13-6-11(2,7-13)17-5-9(14)15/h3,8H,1,4-7,12H2,2H3,(H,14,15). The Kier molecular flexibility index (Phi) is 4.25. The van der Waals surface area contributed by atoms with Gasteiger partial charge in [-0.05, 0) is 13.3 Å². The van der Waals surface area contributed by atoms with Crippen molar-refractivity contribution < 1.29 is 19.4 Å². The van der Waals surface area contributed by atoms with Gasteiger partial charge in [-0.3, -0.25) is 4.79 Å². The van der Waals surface area contributed by atoms with Crippen LogP contribution in [0.2, 0.25) is 0 Å². The summed E-state index contributed by atoms with van der Waals surface area (Å²) in [6.07, 6.45) is 2.03. The Hall–Kier alpha value is -1.40. The number of rotatable bonds is 6. The highest BCUT2D eigenvalue weighted by Gasteiger charge is 2.43. The van der Waals surface area contributed by atoms with Crippen LogP contribution in [-0.2, 0) is 14.3 Å². The van der Waals surface area contributed by atoms with Crippen LogP contribution in [-0.4, -0.2) is 53.2 Å². The lowest BCUT2D eigenvalue weighted by molar-refractivity contribution is -0.174. The van der Waals surface area contributed by atoms with Gasteiger partial charge in [-0.1, -0.05) is 6.08 Å². The fraction of sp³-hybridized carbons (Fsp3) is 0.636. The van der Waals surface area contributed by atoms with Crippen LogP contribution in [0.3, 0.4) is 0 Å². The number of nitrogens with two attached hydrogens (primary N) is 1. The number of nitrogens with zero attached hydrogens (tertiary/aromatic N) is 1. The average Bonchev–Trinajstić information content (AvgIpc) is 2.22. The van der Waals surface area contributed by atoms with E-state index in [0.29, 0.717) is 19.5 Å². The van der Waals surface area contributed by atoms with Crippen LogP contribution in [0.25, 0.3) is 0 Å². The van der Waals surface area contributed by atoms with Gasteiger partial charge in [0.1, 0.15) is 12.2 Å². The Bertz CT molecular complexity index is 323.